The number of nitrogens with zero attached hydrogens (tertiary/aromatic N) is 1. The summed E-state index contributed by atoms with van der Waals surface area (Å²) in [6.45, 7) is 0.325. The molecule has 0 unspecified atom stereocenters. The smallest absolute Gasteiger partial charge is 0.388 e. The maximum atomic E-state index is 12.4. The van der Waals surface area contributed by atoms with Gasteiger partial charge < -0.3 is 10.4 Å². The first-order valence-electron chi connectivity index (χ1n) is 6.39. The molecule has 0 spiro atoms. The molecule has 0 amide bonds. The van der Waals surface area contributed by atoms with Gasteiger partial charge in [-0.25, -0.2) is 4.98 Å². The van der Waals surface area contributed by atoms with Crippen molar-refractivity contribution in [3.05, 3.63) is 23.9 Å². The minimum Gasteiger partial charge on any atom is -0.388 e. The third-order valence-corrected chi connectivity index (χ3v) is 3.47. The largest absolute Gasteiger partial charge is 0.417 e. The van der Waals surface area contributed by atoms with E-state index in [1.54, 1.807) is 0 Å². The number of hydrogen-bond acceptors (Lipinski definition) is 3. The summed E-state index contributed by atoms with van der Waals surface area (Å²) in [4.78, 5) is 3.72. The summed E-state index contributed by atoms with van der Waals surface area (Å²) in [6.07, 6.45) is 0.972. The zero-order valence-corrected chi connectivity index (χ0v) is 10.5. The molecule has 1 heterocycles. The fraction of sp³-hybridized carbons (Fsp3) is 0.615. The van der Waals surface area contributed by atoms with E-state index < -0.39 is 17.3 Å². The van der Waals surface area contributed by atoms with Gasteiger partial charge in [-0.1, -0.05) is 19.3 Å². The molecule has 1 saturated carbocycles. The van der Waals surface area contributed by atoms with E-state index in [0.29, 0.717) is 12.4 Å². The van der Waals surface area contributed by atoms with Crippen LogP contribution in [-0.2, 0) is 6.18 Å². The zero-order valence-electron chi connectivity index (χ0n) is 10.5. The van der Waals surface area contributed by atoms with E-state index in [2.05, 4.69) is 10.3 Å². The molecule has 0 aliphatic heterocycles. The van der Waals surface area contributed by atoms with E-state index in [0.717, 1.165) is 44.4 Å². The predicted molar refractivity (Wildman–Crippen MR) is 65.8 cm³/mol. The number of aromatic nitrogens is 1. The molecular weight excluding hydrogens is 257 g/mol. The molecular formula is C13H17F3N2O. The number of alkyl halides is 3. The number of pyridine rings is 1. The Morgan fingerprint density at radius 3 is 2.42 bits per heavy atom. The fourth-order valence-corrected chi connectivity index (χ4v) is 2.31. The van der Waals surface area contributed by atoms with Gasteiger partial charge in [-0.2, -0.15) is 13.2 Å². The van der Waals surface area contributed by atoms with Crippen LogP contribution in [0.2, 0.25) is 0 Å². The Hall–Kier alpha value is -1.30. The highest BCUT2D eigenvalue weighted by molar-refractivity contribution is 5.36. The summed E-state index contributed by atoms with van der Waals surface area (Å²) in [5.41, 5.74) is -1.53. The lowest BCUT2D eigenvalue weighted by Gasteiger charge is -2.32. The molecule has 106 valence electrons. The molecule has 3 nitrogen and oxygen atoms in total. The van der Waals surface area contributed by atoms with Gasteiger partial charge in [0.25, 0.3) is 0 Å². The summed E-state index contributed by atoms with van der Waals surface area (Å²) >= 11 is 0. The van der Waals surface area contributed by atoms with Crippen LogP contribution in [-0.4, -0.2) is 22.2 Å². The molecule has 2 N–H and O–H groups in total. The lowest BCUT2D eigenvalue weighted by atomic mass is 9.85. The molecule has 19 heavy (non-hydrogen) atoms. The predicted octanol–water partition coefficient (Wildman–Crippen LogP) is 3.21. The summed E-state index contributed by atoms with van der Waals surface area (Å²) in [5.74, 6) is 0.354. The third kappa shape index (κ3) is 3.83. The lowest BCUT2D eigenvalue weighted by molar-refractivity contribution is -0.137. The van der Waals surface area contributed by atoms with Gasteiger partial charge in [0.05, 0.1) is 11.2 Å². The summed E-state index contributed by atoms with van der Waals surface area (Å²) < 4.78 is 37.1. The quantitative estimate of drug-likeness (QED) is 0.889. The zero-order chi connectivity index (χ0) is 13.9. The highest BCUT2D eigenvalue weighted by atomic mass is 19.4. The number of aliphatic hydroxyl groups is 1. The van der Waals surface area contributed by atoms with Gasteiger partial charge in [0.2, 0.25) is 0 Å². The summed E-state index contributed by atoms with van der Waals surface area (Å²) in [7, 11) is 0. The van der Waals surface area contributed by atoms with Crippen LogP contribution in [0.3, 0.4) is 0 Å². The first-order valence-corrected chi connectivity index (χ1v) is 6.39. The van der Waals surface area contributed by atoms with Crippen LogP contribution < -0.4 is 5.32 Å². The van der Waals surface area contributed by atoms with Crippen molar-refractivity contribution in [2.75, 3.05) is 11.9 Å². The normalized spacial score (nSPS) is 19.2. The SMILES string of the molecule is OC1(CNc2ccc(C(F)(F)F)cn2)CCCCC1. The molecule has 1 aliphatic carbocycles. The van der Waals surface area contributed by atoms with E-state index in [-0.39, 0.29) is 0 Å². The Kier molecular flexibility index (Phi) is 3.99. The minimum absolute atomic E-state index is 0.325. The monoisotopic (exact) mass is 274 g/mol. The van der Waals surface area contributed by atoms with Gasteiger partial charge in [0, 0.05) is 12.7 Å². The van der Waals surface area contributed by atoms with Crippen LogP contribution >= 0.6 is 0 Å². The van der Waals surface area contributed by atoms with Crippen molar-refractivity contribution in [1.29, 1.82) is 0 Å². The van der Waals surface area contributed by atoms with Gasteiger partial charge in [-0.05, 0) is 25.0 Å². The first-order chi connectivity index (χ1) is 8.89. The van der Waals surface area contributed by atoms with Crippen LogP contribution in [0.25, 0.3) is 0 Å². The van der Waals surface area contributed by atoms with Gasteiger partial charge in [0.15, 0.2) is 0 Å². The third-order valence-electron chi connectivity index (χ3n) is 3.47. The molecule has 0 atom stereocenters. The van der Waals surface area contributed by atoms with Crippen molar-refractivity contribution in [2.45, 2.75) is 43.9 Å². The Labute approximate surface area is 109 Å². The first kappa shape index (κ1) is 14.1. The van der Waals surface area contributed by atoms with Crippen molar-refractivity contribution in [1.82, 2.24) is 4.98 Å². The molecule has 1 fully saturated rings. The molecule has 1 aromatic heterocycles. The molecule has 0 radical (unpaired) electrons. The molecule has 6 heteroatoms. The van der Waals surface area contributed by atoms with Gasteiger partial charge >= 0.3 is 6.18 Å². The Balaban J connectivity index is 1.93. The lowest BCUT2D eigenvalue weighted by Crippen LogP contribution is -2.38. The molecule has 1 aliphatic rings. The molecule has 0 aromatic carbocycles. The number of anilines is 1. The second kappa shape index (κ2) is 5.36. The molecule has 2 rings (SSSR count). The highest BCUT2D eigenvalue weighted by Crippen LogP contribution is 2.30. The van der Waals surface area contributed by atoms with Gasteiger partial charge in [-0.15, -0.1) is 0 Å². The van der Waals surface area contributed by atoms with Crippen molar-refractivity contribution in [2.24, 2.45) is 0 Å². The van der Waals surface area contributed by atoms with E-state index in [9.17, 15) is 18.3 Å². The molecule has 1 aromatic rings. The van der Waals surface area contributed by atoms with Crippen molar-refractivity contribution < 1.29 is 18.3 Å². The molecule has 0 saturated heterocycles. The van der Waals surface area contributed by atoms with Gasteiger partial charge in [0.1, 0.15) is 5.82 Å². The van der Waals surface area contributed by atoms with Gasteiger partial charge in [-0.3, -0.25) is 0 Å². The second-order valence-corrected chi connectivity index (χ2v) is 5.07. The van der Waals surface area contributed by atoms with Crippen LogP contribution in [0.5, 0.6) is 0 Å². The minimum atomic E-state index is -4.37. The Bertz CT molecular complexity index is 411. The average molecular weight is 274 g/mol. The number of halogens is 3. The summed E-state index contributed by atoms with van der Waals surface area (Å²) in [6, 6.07) is 2.27. The van der Waals surface area contributed by atoms with E-state index >= 15 is 0 Å². The highest BCUT2D eigenvalue weighted by Gasteiger charge is 2.31. The maximum Gasteiger partial charge on any atom is 0.417 e. The Morgan fingerprint density at radius 1 is 1.21 bits per heavy atom. The van der Waals surface area contributed by atoms with Crippen LogP contribution in [0.4, 0.5) is 19.0 Å². The molecule has 0 bridgehead atoms. The van der Waals surface area contributed by atoms with E-state index in [1.165, 1.54) is 6.07 Å². The average Bonchev–Trinajstić information content (AvgIpc) is 2.37. The number of rotatable bonds is 3. The van der Waals surface area contributed by atoms with Crippen molar-refractivity contribution >= 4 is 5.82 Å². The van der Waals surface area contributed by atoms with Crippen molar-refractivity contribution in [3.8, 4) is 0 Å². The fourth-order valence-electron chi connectivity index (χ4n) is 2.31. The van der Waals surface area contributed by atoms with E-state index in [4.69, 9.17) is 0 Å². The summed E-state index contributed by atoms with van der Waals surface area (Å²) in [5, 5.41) is 13.2. The van der Waals surface area contributed by atoms with E-state index in [1.807, 2.05) is 0 Å². The van der Waals surface area contributed by atoms with Crippen LogP contribution in [0.15, 0.2) is 18.3 Å². The van der Waals surface area contributed by atoms with Crippen LogP contribution in [0.1, 0.15) is 37.7 Å². The standard InChI is InChI=1S/C13H17F3N2O/c14-13(15,16)10-4-5-11(17-8-10)18-9-12(19)6-2-1-3-7-12/h4-5,8,19H,1-3,6-7,9H2,(H,17,18). The second-order valence-electron chi connectivity index (χ2n) is 5.07. The maximum absolute atomic E-state index is 12.4. The topological polar surface area (TPSA) is 45.1 Å². The van der Waals surface area contributed by atoms with Crippen LogP contribution in [0, 0.1) is 0 Å². The Morgan fingerprint density at radius 2 is 1.89 bits per heavy atom. The number of nitrogens with one attached hydrogen (secondary N) is 1. The van der Waals surface area contributed by atoms with Crippen molar-refractivity contribution in [3.63, 3.8) is 0 Å². The number of hydrogen-bond donors (Lipinski definition) is 2.